The zero-order chi connectivity index (χ0) is 29.1. The first-order valence-electron chi connectivity index (χ1n) is 14.0. The molecule has 0 saturated carbocycles. The topological polar surface area (TPSA) is 88.8 Å². The minimum Gasteiger partial charge on any atom is -0.444 e. The van der Waals surface area contributed by atoms with Gasteiger partial charge in [0, 0.05) is 42.8 Å². The number of nitriles is 1. The Balaban J connectivity index is 1.51. The molecule has 10 heteroatoms. The molecule has 5 rings (SSSR count). The van der Waals surface area contributed by atoms with Crippen molar-refractivity contribution in [2.24, 2.45) is 0 Å². The largest absolute Gasteiger partial charge is 0.444 e. The second kappa shape index (κ2) is 12.1. The van der Waals surface area contributed by atoms with Crippen molar-refractivity contribution in [1.82, 2.24) is 19.8 Å². The highest BCUT2D eigenvalue weighted by Crippen LogP contribution is 2.35. The first-order valence-corrected chi connectivity index (χ1v) is 14.0. The van der Waals surface area contributed by atoms with Crippen LogP contribution < -0.4 is 14.5 Å². The SMILES string of the molecule is C=C(F)C(=O)N1CCN(c2nc(OC(CC)N(C)C)nc3c2CCN(c2cccc4ccccc24)C3)C[C@@H]1CC#N. The summed E-state index contributed by atoms with van der Waals surface area (Å²) in [5, 5.41) is 11.8. The van der Waals surface area contributed by atoms with Gasteiger partial charge in [0.2, 0.25) is 0 Å². The quantitative estimate of drug-likeness (QED) is 0.300. The number of anilines is 2. The normalized spacial score (nSPS) is 17.8. The average molecular weight is 558 g/mol. The van der Waals surface area contributed by atoms with Crippen molar-refractivity contribution >= 4 is 28.2 Å². The number of hydrogen-bond donors (Lipinski definition) is 0. The van der Waals surface area contributed by atoms with Gasteiger partial charge in [-0.25, -0.2) is 4.39 Å². The Bertz CT molecular complexity index is 1480. The number of hydrogen-bond acceptors (Lipinski definition) is 8. The van der Waals surface area contributed by atoms with Crippen molar-refractivity contribution in [2.75, 3.05) is 50.1 Å². The van der Waals surface area contributed by atoms with Crippen LogP contribution in [0.2, 0.25) is 0 Å². The highest BCUT2D eigenvalue weighted by molar-refractivity contribution is 5.94. The maximum absolute atomic E-state index is 13.8. The zero-order valence-electron chi connectivity index (χ0n) is 23.9. The number of halogens is 1. The van der Waals surface area contributed by atoms with Crippen LogP contribution in [0, 0.1) is 11.3 Å². The van der Waals surface area contributed by atoms with Crippen molar-refractivity contribution in [3.05, 3.63) is 66.1 Å². The monoisotopic (exact) mass is 557 g/mol. The molecule has 1 amide bonds. The van der Waals surface area contributed by atoms with E-state index in [2.05, 4.69) is 58.8 Å². The fourth-order valence-corrected chi connectivity index (χ4v) is 5.82. The van der Waals surface area contributed by atoms with Crippen molar-refractivity contribution in [2.45, 2.75) is 45.0 Å². The van der Waals surface area contributed by atoms with E-state index in [9.17, 15) is 14.4 Å². The Morgan fingerprint density at radius 3 is 2.68 bits per heavy atom. The summed E-state index contributed by atoms with van der Waals surface area (Å²) in [6.07, 6.45) is 1.36. The van der Waals surface area contributed by atoms with Crippen LogP contribution in [0.5, 0.6) is 6.01 Å². The molecule has 214 valence electrons. The number of amides is 1. The van der Waals surface area contributed by atoms with Crippen LogP contribution in [0.25, 0.3) is 10.8 Å². The summed E-state index contributed by atoms with van der Waals surface area (Å²) in [6.45, 7) is 7.67. The van der Waals surface area contributed by atoms with Gasteiger partial charge in [-0.15, -0.1) is 0 Å². The number of piperazine rings is 1. The lowest BCUT2D eigenvalue weighted by atomic mass is 10.0. The smallest absolute Gasteiger partial charge is 0.320 e. The van der Waals surface area contributed by atoms with Crippen LogP contribution in [0.3, 0.4) is 0 Å². The van der Waals surface area contributed by atoms with E-state index in [0.29, 0.717) is 25.6 Å². The van der Waals surface area contributed by atoms with Gasteiger partial charge in [-0.05, 0) is 38.4 Å². The van der Waals surface area contributed by atoms with Crippen LogP contribution in [0.4, 0.5) is 15.9 Å². The molecule has 2 aromatic carbocycles. The molecule has 0 N–H and O–H groups in total. The molecule has 41 heavy (non-hydrogen) atoms. The Kier molecular flexibility index (Phi) is 8.36. The molecule has 1 saturated heterocycles. The predicted molar refractivity (Wildman–Crippen MR) is 157 cm³/mol. The molecule has 1 aromatic heterocycles. The van der Waals surface area contributed by atoms with E-state index < -0.39 is 17.8 Å². The number of nitrogens with zero attached hydrogens (tertiary/aromatic N) is 7. The zero-order valence-corrected chi connectivity index (χ0v) is 23.9. The molecule has 2 aliphatic heterocycles. The third-order valence-corrected chi connectivity index (χ3v) is 7.90. The van der Waals surface area contributed by atoms with Crippen LogP contribution in [-0.2, 0) is 17.8 Å². The van der Waals surface area contributed by atoms with Gasteiger partial charge >= 0.3 is 6.01 Å². The second-order valence-electron chi connectivity index (χ2n) is 10.7. The lowest BCUT2D eigenvalue weighted by Crippen LogP contribution is -2.55. The van der Waals surface area contributed by atoms with E-state index in [1.54, 1.807) is 0 Å². The van der Waals surface area contributed by atoms with Gasteiger partial charge in [-0.2, -0.15) is 15.2 Å². The van der Waals surface area contributed by atoms with Gasteiger partial charge in [0.25, 0.3) is 5.91 Å². The van der Waals surface area contributed by atoms with Gasteiger partial charge < -0.3 is 19.4 Å². The molecule has 1 unspecified atom stereocenters. The van der Waals surface area contributed by atoms with Crippen molar-refractivity contribution < 1.29 is 13.9 Å². The Labute approximate surface area is 240 Å². The Hall–Kier alpha value is -4.23. The van der Waals surface area contributed by atoms with Crippen molar-refractivity contribution in [3.63, 3.8) is 0 Å². The molecule has 2 aliphatic rings. The lowest BCUT2D eigenvalue weighted by Gasteiger charge is -2.42. The third-order valence-electron chi connectivity index (χ3n) is 7.90. The standard InChI is InChI=1S/C31H36FN7O2/c1-5-28(36(3)4)41-31-34-26-20-37(27-12-8-10-22-9-6-7-11-24(22)27)16-14-25(26)29(35-31)38-17-18-39(30(40)21(2)32)23(19-38)13-15-33/h6-12,23,28H,2,5,13-14,16-20H2,1,3-4H3/t23-,28?/m0/s1. The fraction of sp³-hybridized carbons (Fsp3) is 0.419. The first-order chi connectivity index (χ1) is 19.8. The van der Waals surface area contributed by atoms with Crippen LogP contribution in [0.15, 0.2) is 54.9 Å². The van der Waals surface area contributed by atoms with Crippen LogP contribution in [0.1, 0.15) is 31.0 Å². The number of carbonyl (C=O) groups is 1. The molecular formula is C31H36FN7O2. The summed E-state index contributed by atoms with van der Waals surface area (Å²) in [7, 11) is 3.91. The lowest BCUT2D eigenvalue weighted by molar-refractivity contribution is -0.131. The molecule has 2 atom stereocenters. The van der Waals surface area contributed by atoms with E-state index in [-0.39, 0.29) is 19.2 Å². The predicted octanol–water partition coefficient (Wildman–Crippen LogP) is 4.28. The van der Waals surface area contributed by atoms with E-state index in [0.717, 1.165) is 42.1 Å². The maximum Gasteiger partial charge on any atom is 0.320 e. The van der Waals surface area contributed by atoms with Gasteiger partial charge in [-0.1, -0.05) is 49.9 Å². The number of rotatable bonds is 8. The molecule has 3 heterocycles. The summed E-state index contributed by atoms with van der Waals surface area (Å²) in [5.41, 5.74) is 3.09. The minimum atomic E-state index is -1.01. The molecule has 1 fully saturated rings. The summed E-state index contributed by atoms with van der Waals surface area (Å²) < 4.78 is 20.0. The minimum absolute atomic E-state index is 0.0829. The van der Waals surface area contributed by atoms with Crippen LogP contribution in [-0.4, -0.2) is 78.2 Å². The number of aromatic nitrogens is 2. The van der Waals surface area contributed by atoms with Gasteiger partial charge in [0.05, 0.1) is 30.8 Å². The molecule has 0 radical (unpaired) electrons. The van der Waals surface area contributed by atoms with Crippen molar-refractivity contribution in [3.8, 4) is 12.1 Å². The summed E-state index contributed by atoms with van der Waals surface area (Å²) in [4.78, 5) is 30.1. The van der Waals surface area contributed by atoms with E-state index >= 15 is 0 Å². The average Bonchev–Trinajstić information content (AvgIpc) is 2.98. The highest BCUT2D eigenvalue weighted by Gasteiger charge is 2.35. The Morgan fingerprint density at radius 1 is 1.17 bits per heavy atom. The molecule has 0 spiro atoms. The third kappa shape index (κ3) is 5.81. The Morgan fingerprint density at radius 2 is 1.95 bits per heavy atom. The van der Waals surface area contributed by atoms with E-state index in [1.807, 2.05) is 32.0 Å². The molecule has 3 aromatic rings. The maximum atomic E-state index is 13.8. The summed E-state index contributed by atoms with van der Waals surface area (Å²) in [5.74, 6) is -1.02. The molecule has 0 aliphatic carbocycles. The van der Waals surface area contributed by atoms with Crippen molar-refractivity contribution in [1.29, 1.82) is 5.26 Å². The molecule has 0 bridgehead atoms. The van der Waals surface area contributed by atoms with E-state index in [4.69, 9.17) is 14.7 Å². The fourth-order valence-electron chi connectivity index (χ4n) is 5.82. The highest BCUT2D eigenvalue weighted by atomic mass is 19.1. The molecular weight excluding hydrogens is 521 g/mol. The first kappa shape index (κ1) is 28.3. The molecule has 9 nitrogen and oxygen atoms in total. The van der Waals surface area contributed by atoms with Gasteiger partial charge in [0.15, 0.2) is 12.1 Å². The summed E-state index contributed by atoms with van der Waals surface area (Å²) >= 11 is 0. The number of ether oxygens (including phenoxy) is 1. The number of fused-ring (bicyclic) bond motifs is 2. The number of carbonyl (C=O) groups excluding carboxylic acids is 1. The van der Waals surface area contributed by atoms with Gasteiger partial charge in [-0.3, -0.25) is 9.69 Å². The summed E-state index contributed by atoms with van der Waals surface area (Å²) in [6, 6.07) is 16.7. The number of benzene rings is 2. The second-order valence-corrected chi connectivity index (χ2v) is 10.7. The van der Waals surface area contributed by atoms with E-state index in [1.165, 1.54) is 15.7 Å². The van der Waals surface area contributed by atoms with Gasteiger partial charge in [0.1, 0.15) is 5.82 Å². The van der Waals surface area contributed by atoms with Crippen LogP contribution >= 0.6 is 0 Å².